The Kier molecular flexibility index (Phi) is 6.68. The Bertz CT molecular complexity index is 843. The van der Waals surface area contributed by atoms with Crippen molar-refractivity contribution < 1.29 is 9.59 Å². The Morgan fingerprint density at radius 3 is 2.36 bits per heavy atom. The number of hydrogen-bond acceptors (Lipinski definition) is 3. The molecule has 3 rings (SSSR count). The summed E-state index contributed by atoms with van der Waals surface area (Å²) in [6.45, 7) is 6.11. The van der Waals surface area contributed by atoms with Gasteiger partial charge in [0.15, 0.2) is 0 Å². The first kappa shape index (κ1) is 20.7. The SMILES string of the molecule is CC(C)C(C)NC(=O)C1CSC(c2ccccc2Cl)N1C(=O)c1ccccc1. The lowest BCUT2D eigenvalue weighted by Crippen LogP contribution is -2.50. The van der Waals surface area contributed by atoms with Crippen molar-refractivity contribution in [3.8, 4) is 0 Å². The zero-order chi connectivity index (χ0) is 20.3. The van der Waals surface area contributed by atoms with E-state index >= 15 is 0 Å². The van der Waals surface area contributed by atoms with Crippen LogP contribution in [0.15, 0.2) is 54.6 Å². The maximum absolute atomic E-state index is 13.4. The fourth-order valence-electron chi connectivity index (χ4n) is 3.09. The summed E-state index contributed by atoms with van der Waals surface area (Å²) in [5, 5.41) is 3.37. The number of carbonyl (C=O) groups is 2. The van der Waals surface area contributed by atoms with Gasteiger partial charge in [-0.1, -0.05) is 61.8 Å². The Labute approximate surface area is 175 Å². The van der Waals surface area contributed by atoms with Gasteiger partial charge in [-0.05, 0) is 31.0 Å². The first-order valence-electron chi connectivity index (χ1n) is 9.44. The number of nitrogens with one attached hydrogen (secondary N) is 1. The summed E-state index contributed by atoms with van der Waals surface area (Å²) < 4.78 is 0. The third kappa shape index (κ3) is 4.36. The van der Waals surface area contributed by atoms with Crippen LogP contribution in [0.25, 0.3) is 0 Å². The molecule has 0 saturated carbocycles. The standard InChI is InChI=1S/C22H25ClN2O2S/c1-14(2)15(3)24-20(26)19-13-28-22(17-11-7-8-12-18(17)23)25(19)21(27)16-9-5-4-6-10-16/h4-12,14-15,19,22H,13H2,1-3H3,(H,24,26). The Balaban J connectivity index is 1.95. The van der Waals surface area contributed by atoms with E-state index in [2.05, 4.69) is 19.2 Å². The molecule has 1 N–H and O–H groups in total. The fraction of sp³-hybridized carbons (Fsp3) is 0.364. The van der Waals surface area contributed by atoms with E-state index in [4.69, 9.17) is 11.6 Å². The molecule has 0 aromatic heterocycles. The molecule has 3 unspecified atom stereocenters. The van der Waals surface area contributed by atoms with E-state index in [1.807, 2.05) is 49.4 Å². The molecular weight excluding hydrogens is 392 g/mol. The number of amides is 2. The first-order valence-corrected chi connectivity index (χ1v) is 10.9. The van der Waals surface area contributed by atoms with E-state index in [1.54, 1.807) is 28.8 Å². The maximum Gasteiger partial charge on any atom is 0.255 e. The van der Waals surface area contributed by atoms with E-state index in [0.29, 0.717) is 22.3 Å². The summed E-state index contributed by atoms with van der Waals surface area (Å²) in [4.78, 5) is 28.1. The van der Waals surface area contributed by atoms with E-state index in [9.17, 15) is 9.59 Å². The van der Waals surface area contributed by atoms with E-state index in [1.165, 1.54) is 0 Å². The quantitative estimate of drug-likeness (QED) is 0.764. The van der Waals surface area contributed by atoms with Gasteiger partial charge in [0, 0.05) is 27.9 Å². The lowest BCUT2D eigenvalue weighted by atomic mass is 10.1. The summed E-state index contributed by atoms with van der Waals surface area (Å²) in [6, 6.07) is 16.1. The second-order valence-electron chi connectivity index (χ2n) is 7.34. The van der Waals surface area contributed by atoms with E-state index in [0.717, 1.165) is 5.56 Å². The lowest BCUT2D eigenvalue weighted by Gasteiger charge is -2.30. The predicted octanol–water partition coefficient (Wildman–Crippen LogP) is 4.76. The van der Waals surface area contributed by atoms with Crippen LogP contribution in [0.3, 0.4) is 0 Å². The number of rotatable bonds is 5. The van der Waals surface area contributed by atoms with Crippen molar-refractivity contribution in [3.63, 3.8) is 0 Å². The molecule has 0 spiro atoms. The monoisotopic (exact) mass is 416 g/mol. The van der Waals surface area contributed by atoms with Crippen LogP contribution < -0.4 is 5.32 Å². The summed E-state index contributed by atoms with van der Waals surface area (Å²) in [5.74, 6) is 0.571. The van der Waals surface area contributed by atoms with Gasteiger partial charge in [0.2, 0.25) is 5.91 Å². The van der Waals surface area contributed by atoms with Crippen molar-refractivity contribution in [1.82, 2.24) is 10.2 Å². The highest BCUT2D eigenvalue weighted by Gasteiger charge is 2.43. The zero-order valence-corrected chi connectivity index (χ0v) is 17.8. The van der Waals surface area contributed by atoms with Crippen LogP contribution in [0.2, 0.25) is 5.02 Å². The zero-order valence-electron chi connectivity index (χ0n) is 16.3. The lowest BCUT2D eigenvalue weighted by molar-refractivity contribution is -0.125. The molecule has 0 radical (unpaired) electrons. The highest BCUT2D eigenvalue weighted by atomic mass is 35.5. The van der Waals surface area contributed by atoms with Crippen molar-refractivity contribution in [2.24, 2.45) is 5.92 Å². The van der Waals surface area contributed by atoms with Gasteiger partial charge in [-0.2, -0.15) is 0 Å². The van der Waals surface area contributed by atoms with Gasteiger partial charge in [-0.15, -0.1) is 11.8 Å². The smallest absolute Gasteiger partial charge is 0.255 e. The molecule has 1 fully saturated rings. The van der Waals surface area contributed by atoms with E-state index in [-0.39, 0.29) is 23.2 Å². The van der Waals surface area contributed by atoms with Crippen LogP contribution in [0.1, 0.15) is 42.1 Å². The summed E-state index contributed by atoms with van der Waals surface area (Å²) in [7, 11) is 0. The molecule has 1 aliphatic rings. The largest absolute Gasteiger partial charge is 0.352 e. The average Bonchev–Trinajstić information content (AvgIpc) is 3.13. The molecule has 4 nitrogen and oxygen atoms in total. The minimum atomic E-state index is -0.542. The summed E-state index contributed by atoms with van der Waals surface area (Å²) in [5.41, 5.74) is 1.42. The number of thioether (sulfide) groups is 1. The van der Waals surface area contributed by atoms with Crippen LogP contribution >= 0.6 is 23.4 Å². The second kappa shape index (κ2) is 9.01. The highest BCUT2D eigenvalue weighted by Crippen LogP contribution is 2.44. The molecule has 0 bridgehead atoms. The van der Waals surface area contributed by atoms with E-state index < -0.39 is 6.04 Å². The fourth-order valence-corrected chi connectivity index (χ4v) is 4.86. The molecule has 2 aromatic carbocycles. The van der Waals surface area contributed by atoms with Crippen molar-refractivity contribution in [2.75, 3.05) is 5.75 Å². The number of halogens is 1. The maximum atomic E-state index is 13.4. The Hall–Kier alpha value is -1.98. The van der Waals surface area contributed by atoms with Crippen LogP contribution in [0.4, 0.5) is 0 Å². The van der Waals surface area contributed by atoms with Crippen molar-refractivity contribution in [2.45, 2.75) is 38.2 Å². The first-order chi connectivity index (χ1) is 13.4. The number of nitrogens with zero attached hydrogens (tertiary/aromatic N) is 1. The summed E-state index contributed by atoms with van der Waals surface area (Å²) >= 11 is 7.99. The van der Waals surface area contributed by atoms with Crippen molar-refractivity contribution in [1.29, 1.82) is 0 Å². The number of hydrogen-bond donors (Lipinski definition) is 1. The number of carbonyl (C=O) groups excluding carboxylic acids is 2. The van der Waals surface area contributed by atoms with Gasteiger partial charge in [0.05, 0.1) is 0 Å². The van der Waals surface area contributed by atoms with Gasteiger partial charge in [0.1, 0.15) is 11.4 Å². The highest BCUT2D eigenvalue weighted by molar-refractivity contribution is 7.99. The molecule has 2 amide bonds. The van der Waals surface area contributed by atoms with Crippen LogP contribution in [0.5, 0.6) is 0 Å². The van der Waals surface area contributed by atoms with Gasteiger partial charge >= 0.3 is 0 Å². The number of benzene rings is 2. The minimum Gasteiger partial charge on any atom is -0.352 e. The summed E-state index contributed by atoms with van der Waals surface area (Å²) in [6.07, 6.45) is 0. The molecule has 1 saturated heterocycles. The van der Waals surface area contributed by atoms with Gasteiger partial charge in [-0.3, -0.25) is 9.59 Å². The molecular formula is C22H25ClN2O2S. The molecule has 28 heavy (non-hydrogen) atoms. The van der Waals surface area contributed by atoms with Crippen LogP contribution in [0, 0.1) is 5.92 Å². The molecule has 6 heteroatoms. The normalized spacial score (nSPS) is 20.2. The minimum absolute atomic E-state index is 0.0329. The molecule has 3 atom stereocenters. The Morgan fingerprint density at radius 2 is 1.71 bits per heavy atom. The van der Waals surface area contributed by atoms with Crippen molar-refractivity contribution in [3.05, 3.63) is 70.7 Å². The molecule has 2 aromatic rings. The molecule has 1 aliphatic heterocycles. The van der Waals surface area contributed by atoms with Gasteiger partial charge < -0.3 is 10.2 Å². The molecule has 1 heterocycles. The molecule has 0 aliphatic carbocycles. The van der Waals surface area contributed by atoms with Gasteiger partial charge in [0.25, 0.3) is 5.91 Å². The van der Waals surface area contributed by atoms with Crippen molar-refractivity contribution >= 4 is 35.2 Å². The Morgan fingerprint density at radius 1 is 1.07 bits per heavy atom. The van der Waals surface area contributed by atoms with Crippen LogP contribution in [-0.2, 0) is 4.79 Å². The van der Waals surface area contributed by atoms with Gasteiger partial charge in [-0.25, -0.2) is 0 Å². The van der Waals surface area contributed by atoms with Crippen LogP contribution in [-0.4, -0.2) is 34.6 Å². The molecule has 148 valence electrons. The topological polar surface area (TPSA) is 49.4 Å². The third-order valence-corrected chi connectivity index (χ3v) is 6.75. The predicted molar refractivity (Wildman–Crippen MR) is 115 cm³/mol. The average molecular weight is 417 g/mol. The third-order valence-electron chi connectivity index (χ3n) is 5.10. The second-order valence-corrected chi connectivity index (χ2v) is 8.86.